The maximum absolute atomic E-state index is 11.5. The SMILES string of the molecule is CC1(C)CCC(C)(C)c2cc(-c3csc(-c4sc(Nc5ccc(S(N)(=O)=O)cc5)nc4N)n3)ccc21. The molecule has 36 heavy (non-hydrogen) atoms. The van der Waals surface area contributed by atoms with E-state index in [2.05, 4.69) is 61.6 Å². The molecule has 2 heterocycles. The van der Waals surface area contributed by atoms with Gasteiger partial charge in [-0.25, -0.2) is 23.5 Å². The van der Waals surface area contributed by atoms with E-state index in [1.54, 1.807) is 23.5 Å². The van der Waals surface area contributed by atoms with Crippen LogP contribution in [0.25, 0.3) is 21.1 Å². The smallest absolute Gasteiger partial charge is 0.238 e. The molecule has 0 saturated carbocycles. The molecule has 5 N–H and O–H groups in total. The number of aromatic nitrogens is 2. The molecular weight excluding hydrogens is 511 g/mol. The Morgan fingerprint density at radius 1 is 0.944 bits per heavy atom. The lowest BCUT2D eigenvalue weighted by Gasteiger charge is -2.42. The number of primary sulfonamides is 1. The molecule has 0 bridgehead atoms. The summed E-state index contributed by atoms with van der Waals surface area (Å²) in [6.07, 6.45) is 2.35. The molecule has 1 aliphatic rings. The van der Waals surface area contributed by atoms with Crippen LogP contribution in [-0.2, 0) is 20.9 Å². The molecule has 0 amide bonds. The quantitative estimate of drug-likeness (QED) is 0.275. The number of nitrogens with one attached hydrogen (secondary N) is 1. The molecule has 2 aromatic carbocycles. The molecule has 5 rings (SSSR count). The number of rotatable bonds is 5. The van der Waals surface area contributed by atoms with Crippen LogP contribution >= 0.6 is 22.7 Å². The lowest BCUT2D eigenvalue weighted by Crippen LogP contribution is -2.33. The molecule has 2 aromatic heterocycles. The molecule has 4 aromatic rings. The maximum Gasteiger partial charge on any atom is 0.238 e. The monoisotopic (exact) mass is 539 g/mol. The van der Waals surface area contributed by atoms with Crippen molar-refractivity contribution in [2.75, 3.05) is 11.1 Å². The summed E-state index contributed by atoms with van der Waals surface area (Å²) in [7, 11) is -3.74. The normalized spacial score (nSPS) is 16.5. The summed E-state index contributed by atoms with van der Waals surface area (Å²) in [4.78, 5) is 10.2. The van der Waals surface area contributed by atoms with E-state index in [1.165, 1.54) is 41.0 Å². The van der Waals surface area contributed by atoms with E-state index >= 15 is 0 Å². The lowest BCUT2D eigenvalue weighted by molar-refractivity contribution is 0.332. The number of nitrogen functional groups attached to an aromatic ring is 1. The van der Waals surface area contributed by atoms with Crippen LogP contribution in [0.3, 0.4) is 0 Å². The van der Waals surface area contributed by atoms with Crippen LogP contribution in [0.2, 0.25) is 0 Å². The second-order valence-electron chi connectivity index (χ2n) is 10.5. The maximum atomic E-state index is 11.5. The largest absolute Gasteiger partial charge is 0.382 e. The zero-order chi connectivity index (χ0) is 25.9. The Morgan fingerprint density at radius 2 is 1.61 bits per heavy atom. The van der Waals surface area contributed by atoms with E-state index in [0.29, 0.717) is 16.6 Å². The van der Waals surface area contributed by atoms with Crippen molar-refractivity contribution in [3.05, 3.63) is 59.0 Å². The number of anilines is 3. The molecule has 7 nitrogen and oxygen atoms in total. The van der Waals surface area contributed by atoms with Crippen molar-refractivity contribution in [1.29, 1.82) is 0 Å². The zero-order valence-electron chi connectivity index (χ0n) is 20.6. The van der Waals surface area contributed by atoms with Gasteiger partial charge in [-0.05, 0) is 65.1 Å². The molecule has 0 fully saturated rings. The Hall–Kier alpha value is -2.79. The Bertz CT molecular complexity index is 1550. The van der Waals surface area contributed by atoms with Crippen LogP contribution in [0.5, 0.6) is 0 Å². The third-order valence-electron chi connectivity index (χ3n) is 6.93. The first-order valence-electron chi connectivity index (χ1n) is 11.6. The van der Waals surface area contributed by atoms with Crippen molar-refractivity contribution >= 4 is 49.3 Å². The number of hydrogen-bond donors (Lipinski definition) is 3. The Kier molecular flexibility index (Phi) is 5.98. The van der Waals surface area contributed by atoms with Gasteiger partial charge < -0.3 is 11.1 Å². The summed E-state index contributed by atoms with van der Waals surface area (Å²) in [6.45, 7) is 9.31. The molecule has 0 spiro atoms. The van der Waals surface area contributed by atoms with E-state index in [0.717, 1.165) is 27.6 Å². The zero-order valence-corrected chi connectivity index (χ0v) is 23.1. The van der Waals surface area contributed by atoms with E-state index in [-0.39, 0.29) is 15.7 Å². The highest BCUT2D eigenvalue weighted by Gasteiger charge is 2.37. The fourth-order valence-electron chi connectivity index (χ4n) is 4.65. The molecule has 0 radical (unpaired) electrons. The van der Waals surface area contributed by atoms with Crippen molar-refractivity contribution in [2.24, 2.45) is 5.14 Å². The lowest BCUT2D eigenvalue weighted by atomic mass is 9.63. The third-order valence-corrected chi connectivity index (χ3v) is 9.85. The van der Waals surface area contributed by atoms with Gasteiger partial charge in [-0.15, -0.1) is 11.3 Å². The van der Waals surface area contributed by atoms with Crippen molar-refractivity contribution in [2.45, 2.75) is 56.3 Å². The summed E-state index contributed by atoms with van der Waals surface area (Å²) < 4.78 is 22.9. The summed E-state index contributed by atoms with van der Waals surface area (Å²) in [5.74, 6) is 0.401. The van der Waals surface area contributed by atoms with E-state index < -0.39 is 10.0 Å². The molecule has 0 unspecified atom stereocenters. The van der Waals surface area contributed by atoms with Crippen LogP contribution in [0.4, 0.5) is 16.6 Å². The minimum atomic E-state index is -3.74. The van der Waals surface area contributed by atoms with E-state index in [1.807, 2.05) is 0 Å². The minimum Gasteiger partial charge on any atom is -0.382 e. The molecule has 0 saturated heterocycles. The highest BCUT2D eigenvalue weighted by atomic mass is 32.2. The summed E-state index contributed by atoms with van der Waals surface area (Å²) in [5.41, 5.74) is 12.1. The first kappa shape index (κ1) is 24.9. The topological polar surface area (TPSA) is 124 Å². The predicted octanol–water partition coefficient (Wildman–Crippen LogP) is 6.26. The third kappa shape index (κ3) is 4.66. The first-order chi connectivity index (χ1) is 16.8. The van der Waals surface area contributed by atoms with Gasteiger partial charge in [0, 0.05) is 16.6 Å². The van der Waals surface area contributed by atoms with Crippen LogP contribution < -0.4 is 16.2 Å². The number of nitrogens with zero attached hydrogens (tertiary/aromatic N) is 2. The van der Waals surface area contributed by atoms with Crippen molar-refractivity contribution in [3.63, 3.8) is 0 Å². The molecule has 1 aliphatic carbocycles. The summed E-state index contributed by atoms with van der Waals surface area (Å²) in [5, 5.41) is 11.8. The standard InChI is InChI=1S/C26H29N5O2S3/c1-25(2)11-12-26(3,4)19-13-15(5-10-18(19)25)20-14-34-23(30-20)21-22(27)31-24(35-21)29-16-6-8-17(9-7-16)36(28,32)33/h5-10,13-14H,11-12,27H2,1-4H3,(H,29,31)(H2,28,32,33). The van der Waals surface area contributed by atoms with Crippen LogP contribution in [-0.4, -0.2) is 18.4 Å². The van der Waals surface area contributed by atoms with Gasteiger partial charge >= 0.3 is 0 Å². The van der Waals surface area contributed by atoms with Gasteiger partial charge in [0.1, 0.15) is 15.7 Å². The van der Waals surface area contributed by atoms with Gasteiger partial charge in [-0.2, -0.15) is 0 Å². The Morgan fingerprint density at radius 3 is 2.28 bits per heavy atom. The predicted molar refractivity (Wildman–Crippen MR) is 149 cm³/mol. The summed E-state index contributed by atoms with van der Waals surface area (Å²) in [6, 6.07) is 12.9. The number of benzene rings is 2. The molecule has 0 aliphatic heterocycles. The molecule has 10 heteroatoms. The fourth-order valence-corrected chi connectivity index (χ4v) is 7.00. The van der Waals surface area contributed by atoms with Gasteiger partial charge in [-0.1, -0.05) is 51.2 Å². The van der Waals surface area contributed by atoms with E-state index in [9.17, 15) is 8.42 Å². The van der Waals surface area contributed by atoms with Crippen LogP contribution in [0.1, 0.15) is 51.7 Å². The molecule has 188 valence electrons. The average Bonchev–Trinajstić information content (AvgIpc) is 3.43. The number of nitrogens with two attached hydrogens (primary N) is 2. The van der Waals surface area contributed by atoms with Gasteiger partial charge in [-0.3, -0.25) is 0 Å². The van der Waals surface area contributed by atoms with Gasteiger partial charge in [0.2, 0.25) is 10.0 Å². The van der Waals surface area contributed by atoms with Crippen molar-refractivity contribution < 1.29 is 8.42 Å². The highest BCUT2D eigenvalue weighted by molar-refractivity contribution is 7.89. The number of hydrogen-bond acceptors (Lipinski definition) is 8. The van der Waals surface area contributed by atoms with Gasteiger partial charge in [0.15, 0.2) is 5.13 Å². The average molecular weight is 540 g/mol. The first-order valence-corrected chi connectivity index (χ1v) is 14.9. The minimum absolute atomic E-state index is 0.0526. The highest BCUT2D eigenvalue weighted by Crippen LogP contribution is 2.47. The summed E-state index contributed by atoms with van der Waals surface area (Å²) >= 11 is 2.95. The van der Waals surface area contributed by atoms with Gasteiger partial charge in [0.05, 0.1) is 10.6 Å². The van der Waals surface area contributed by atoms with Crippen molar-refractivity contribution in [1.82, 2.24) is 9.97 Å². The van der Waals surface area contributed by atoms with E-state index in [4.69, 9.17) is 15.9 Å². The number of fused-ring (bicyclic) bond motifs is 1. The fraction of sp³-hybridized carbons (Fsp3) is 0.308. The number of sulfonamides is 1. The Balaban J connectivity index is 1.41. The second-order valence-corrected chi connectivity index (χ2v) is 13.9. The van der Waals surface area contributed by atoms with Crippen molar-refractivity contribution in [3.8, 4) is 21.1 Å². The molecular formula is C26H29N5O2S3. The number of thiazole rings is 2. The Labute approximate surface area is 219 Å². The van der Waals surface area contributed by atoms with Crippen LogP contribution in [0.15, 0.2) is 52.7 Å². The van der Waals surface area contributed by atoms with Crippen LogP contribution in [0, 0.1) is 0 Å². The van der Waals surface area contributed by atoms with Gasteiger partial charge in [0.25, 0.3) is 0 Å². The second kappa shape index (κ2) is 8.65. The molecule has 0 atom stereocenters.